The zero-order valence-corrected chi connectivity index (χ0v) is 15.8. The van der Waals surface area contributed by atoms with Gasteiger partial charge in [0.15, 0.2) is 0 Å². The van der Waals surface area contributed by atoms with Crippen molar-refractivity contribution in [3.05, 3.63) is 66.7 Å². The average Bonchev–Trinajstić information content (AvgIpc) is 2.70. The van der Waals surface area contributed by atoms with Crippen LogP contribution in [0.25, 0.3) is 5.57 Å². The fourth-order valence-corrected chi connectivity index (χ4v) is 3.49. The summed E-state index contributed by atoms with van der Waals surface area (Å²) >= 11 is 0. The summed E-state index contributed by atoms with van der Waals surface area (Å²) < 4.78 is 0. The van der Waals surface area contributed by atoms with Gasteiger partial charge in [-0.1, -0.05) is 113 Å². The van der Waals surface area contributed by atoms with E-state index in [4.69, 9.17) is 0 Å². The Balaban J connectivity index is 1.90. The highest BCUT2D eigenvalue weighted by Crippen LogP contribution is 2.18. The van der Waals surface area contributed by atoms with Crippen molar-refractivity contribution >= 4 is 5.57 Å². The van der Waals surface area contributed by atoms with Crippen LogP contribution in [0.3, 0.4) is 0 Å². The zero-order valence-electron chi connectivity index (χ0n) is 15.8. The number of nitrogens with one attached hydrogen (secondary N) is 1. The Morgan fingerprint density at radius 1 is 0.720 bits per heavy atom. The summed E-state index contributed by atoms with van der Waals surface area (Å²) in [5, 5.41) is 3.79. The molecule has 1 heteroatoms. The average molecular weight is 338 g/mol. The third-order valence-corrected chi connectivity index (χ3v) is 5.09. The van der Waals surface area contributed by atoms with Gasteiger partial charge in [0.05, 0.1) is 0 Å². The molecule has 25 heavy (non-hydrogen) atoms. The molecular weight excluding hydrogens is 302 g/mol. The fraction of sp³-hybridized carbons (Fsp3) is 0.500. The Kier molecular flexibility index (Phi) is 10.0. The molecule has 0 radical (unpaired) electrons. The molecule has 1 N–H and O–H groups in total. The van der Waals surface area contributed by atoms with E-state index >= 15 is 0 Å². The first-order valence-electron chi connectivity index (χ1n) is 10.2. The lowest BCUT2D eigenvalue weighted by Gasteiger charge is -2.19. The van der Waals surface area contributed by atoms with Gasteiger partial charge in [-0.05, 0) is 24.0 Å². The van der Waals surface area contributed by atoms with Crippen molar-refractivity contribution in [1.29, 1.82) is 0 Å². The molecule has 1 aromatic carbocycles. The molecule has 136 valence electrons. The molecule has 1 nitrogen and oxygen atoms in total. The van der Waals surface area contributed by atoms with Crippen LogP contribution in [-0.4, -0.2) is 12.6 Å². The van der Waals surface area contributed by atoms with Gasteiger partial charge in [-0.3, -0.25) is 0 Å². The number of hydrogen-bond acceptors (Lipinski definition) is 1. The van der Waals surface area contributed by atoms with Crippen molar-refractivity contribution in [2.24, 2.45) is 0 Å². The maximum Gasteiger partial charge on any atom is 0.0208 e. The first-order valence-corrected chi connectivity index (χ1v) is 10.2. The van der Waals surface area contributed by atoms with E-state index in [0.29, 0.717) is 6.04 Å². The van der Waals surface area contributed by atoms with E-state index in [1.165, 1.54) is 75.3 Å². The van der Waals surface area contributed by atoms with Crippen LogP contribution in [-0.2, 0) is 0 Å². The minimum Gasteiger partial charge on any atom is -0.310 e. The predicted molar refractivity (Wildman–Crippen MR) is 111 cm³/mol. The molecule has 0 amide bonds. The largest absolute Gasteiger partial charge is 0.310 e. The fourth-order valence-electron chi connectivity index (χ4n) is 3.49. The molecule has 0 saturated heterocycles. The van der Waals surface area contributed by atoms with Crippen molar-refractivity contribution in [3.8, 4) is 0 Å². The normalized spacial score (nSPS) is 17.1. The first-order chi connectivity index (χ1) is 12.4. The van der Waals surface area contributed by atoms with Crippen molar-refractivity contribution in [2.75, 3.05) is 6.54 Å². The summed E-state index contributed by atoms with van der Waals surface area (Å²) in [7, 11) is 0. The van der Waals surface area contributed by atoms with Gasteiger partial charge in [0.25, 0.3) is 0 Å². The van der Waals surface area contributed by atoms with Crippen LogP contribution in [0.15, 0.2) is 61.2 Å². The lowest BCUT2D eigenvalue weighted by atomic mass is 10.0. The van der Waals surface area contributed by atoms with E-state index < -0.39 is 0 Å². The van der Waals surface area contributed by atoms with E-state index in [2.05, 4.69) is 48.3 Å². The molecule has 0 bridgehead atoms. The van der Waals surface area contributed by atoms with Crippen molar-refractivity contribution in [2.45, 2.75) is 70.3 Å². The summed E-state index contributed by atoms with van der Waals surface area (Å²) in [4.78, 5) is 0. The van der Waals surface area contributed by atoms with Crippen LogP contribution in [0.2, 0.25) is 0 Å². The minimum atomic E-state index is 0.650. The van der Waals surface area contributed by atoms with E-state index in [-0.39, 0.29) is 0 Å². The quantitative estimate of drug-likeness (QED) is 0.645. The van der Waals surface area contributed by atoms with Crippen LogP contribution < -0.4 is 5.32 Å². The van der Waals surface area contributed by atoms with Crippen LogP contribution >= 0.6 is 0 Å². The Labute approximate surface area is 154 Å². The van der Waals surface area contributed by atoms with E-state index in [0.717, 1.165) is 6.54 Å². The van der Waals surface area contributed by atoms with Gasteiger partial charge in [-0.2, -0.15) is 0 Å². The third-order valence-electron chi connectivity index (χ3n) is 5.09. The van der Waals surface area contributed by atoms with Crippen molar-refractivity contribution in [3.63, 3.8) is 0 Å². The first kappa shape index (κ1) is 19.7. The highest BCUT2D eigenvalue weighted by atomic mass is 14.9. The Morgan fingerprint density at radius 2 is 1.16 bits per heavy atom. The second kappa shape index (κ2) is 12.7. The SMILES string of the molecule is C=C(CNC1CCCCCCCCCC1)c1ccccccccc1. The maximum atomic E-state index is 4.32. The molecule has 0 aliphatic heterocycles. The number of rotatable bonds is 4. The lowest BCUT2D eigenvalue weighted by molar-refractivity contribution is 0.439. The van der Waals surface area contributed by atoms with Crippen LogP contribution in [0, 0.1) is 0 Å². The van der Waals surface area contributed by atoms with Gasteiger partial charge < -0.3 is 5.32 Å². The highest BCUT2D eigenvalue weighted by Gasteiger charge is 2.09. The summed E-state index contributed by atoms with van der Waals surface area (Å²) in [5.41, 5.74) is 2.38. The standard InChI is InChI=1S/C24H35N/c1-22(23-17-13-9-5-4-6-10-14-18-23)21-25-24-19-15-11-7-2-3-8-12-16-20-24/h4-6,9-10,13-14,17-18,24-25H,1-3,7-8,11-12,15-16,19-21H2. The molecule has 1 fully saturated rings. The Morgan fingerprint density at radius 3 is 1.68 bits per heavy atom. The summed E-state index contributed by atoms with van der Waals surface area (Å²) in [5.74, 6) is 0. The van der Waals surface area contributed by atoms with Gasteiger partial charge in [0.2, 0.25) is 0 Å². The van der Waals surface area contributed by atoms with E-state index in [1.807, 2.05) is 18.2 Å². The third kappa shape index (κ3) is 8.88. The lowest BCUT2D eigenvalue weighted by Crippen LogP contribution is -2.30. The van der Waals surface area contributed by atoms with Gasteiger partial charge in [-0.15, -0.1) is 0 Å². The Hall–Kier alpha value is -1.60. The molecule has 1 aromatic rings. The molecule has 1 saturated carbocycles. The van der Waals surface area contributed by atoms with Gasteiger partial charge in [-0.25, -0.2) is 0 Å². The highest BCUT2D eigenvalue weighted by molar-refractivity contribution is 5.64. The van der Waals surface area contributed by atoms with Gasteiger partial charge in [0.1, 0.15) is 0 Å². The van der Waals surface area contributed by atoms with Crippen molar-refractivity contribution in [1.82, 2.24) is 5.32 Å². The summed E-state index contributed by atoms with van der Waals surface area (Å²) in [6.07, 6.45) is 13.9. The van der Waals surface area contributed by atoms with Crippen LogP contribution in [0.5, 0.6) is 0 Å². The topological polar surface area (TPSA) is 12.0 Å². The minimum absolute atomic E-state index is 0.650. The van der Waals surface area contributed by atoms with Crippen LogP contribution in [0.4, 0.5) is 0 Å². The smallest absolute Gasteiger partial charge is 0.0208 e. The van der Waals surface area contributed by atoms with E-state index in [1.54, 1.807) is 0 Å². The molecule has 2 rings (SSSR count). The summed E-state index contributed by atoms with van der Waals surface area (Å²) in [6, 6.07) is 19.4. The van der Waals surface area contributed by atoms with E-state index in [9.17, 15) is 0 Å². The van der Waals surface area contributed by atoms with Gasteiger partial charge in [0, 0.05) is 12.6 Å². The molecule has 0 heterocycles. The molecule has 1 aliphatic rings. The molecule has 0 spiro atoms. The van der Waals surface area contributed by atoms with Crippen molar-refractivity contribution < 1.29 is 0 Å². The number of hydrogen-bond donors (Lipinski definition) is 1. The second-order valence-electron chi connectivity index (χ2n) is 7.22. The molecule has 0 atom stereocenters. The van der Waals surface area contributed by atoms with Gasteiger partial charge >= 0.3 is 0 Å². The molecule has 0 aromatic heterocycles. The summed E-state index contributed by atoms with van der Waals surface area (Å²) in [6.45, 7) is 5.20. The molecule has 1 aliphatic carbocycles. The molecular formula is C24H35N. The molecule has 0 unspecified atom stereocenters. The Bertz CT molecular complexity index is 510. The van der Waals surface area contributed by atoms with Crippen LogP contribution in [0.1, 0.15) is 69.8 Å². The zero-order chi connectivity index (χ0) is 17.6. The predicted octanol–water partition coefficient (Wildman–Crippen LogP) is 6.70. The maximum absolute atomic E-state index is 4.32. The second-order valence-corrected chi connectivity index (χ2v) is 7.22. The monoisotopic (exact) mass is 337 g/mol.